The number of fused-ring (bicyclic) bond motifs is 2. The Bertz CT molecular complexity index is 610. The molecule has 4 rings (SSSR count). The summed E-state index contributed by atoms with van der Waals surface area (Å²) in [6, 6.07) is 2.39. The van der Waals surface area contributed by atoms with Crippen LogP contribution in [0.5, 0.6) is 0 Å². The third kappa shape index (κ3) is 1.74. The summed E-state index contributed by atoms with van der Waals surface area (Å²) in [4.78, 5) is 14.8. The van der Waals surface area contributed by atoms with Gasteiger partial charge in [0.2, 0.25) is 5.91 Å². The van der Waals surface area contributed by atoms with E-state index in [0.29, 0.717) is 5.91 Å². The van der Waals surface area contributed by atoms with Gasteiger partial charge in [0.15, 0.2) is 0 Å². The third-order valence-electron chi connectivity index (χ3n) is 6.21. The van der Waals surface area contributed by atoms with Crippen molar-refractivity contribution < 1.29 is 4.79 Å². The lowest BCUT2D eigenvalue weighted by Crippen LogP contribution is -2.43. The number of rotatable bonds is 3. The molecule has 2 heterocycles. The molecule has 0 N–H and O–H groups in total. The number of aromatic nitrogens is 2. The summed E-state index contributed by atoms with van der Waals surface area (Å²) in [5.41, 5.74) is 2.56. The molecule has 2 saturated carbocycles. The Morgan fingerprint density at radius 1 is 1.43 bits per heavy atom. The van der Waals surface area contributed by atoms with Gasteiger partial charge in [0.1, 0.15) is 0 Å². The average molecular weight is 287 g/mol. The predicted octanol–water partition coefficient (Wildman–Crippen LogP) is 2.88. The molecule has 0 aromatic carbocycles. The van der Waals surface area contributed by atoms with E-state index in [1.165, 1.54) is 5.69 Å². The van der Waals surface area contributed by atoms with Gasteiger partial charge in [-0.25, -0.2) is 0 Å². The van der Waals surface area contributed by atoms with E-state index in [1.807, 2.05) is 0 Å². The van der Waals surface area contributed by atoms with Gasteiger partial charge in [0.25, 0.3) is 0 Å². The second kappa shape index (κ2) is 3.90. The number of amides is 1. The van der Waals surface area contributed by atoms with E-state index in [2.05, 4.69) is 43.3 Å². The van der Waals surface area contributed by atoms with Crippen LogP contribution in [0.2, 0.25) is 0 Å². The van der Waals surface area contributed by atoms with E-state index in [0.717, 1.165) is 44.0 Å². The van der Waals surface area contributed by atoms with Crippen LogP contribution in [0.3, 0.4) is 0 Å². The summed E-state index contributed by atoms with van der Waals surface area (Å²) in [5.74, 6) is 1.13. The van der Waals surface area contributed by atoms with Crippen LogP contribution in [0.1, 0.15) is 64.4 Å². The summed E-state index contributed by atoms with van der Waals surface area (Å²) >= 11 is 0. The van der Waals surface area contributed by atoms with Crippen molar-refractivity contribution in [2.45, 2.75) is 65.0 Å². The molecule has 1 atom stereocenters. The number of carbonyl (C=O) groups excluding carboxylic acids is 1. The zero-order valence-electron chi connectivity index (χ0n) is 13.5. The van der Waals surface area contributed by atoms with Crippen molar-refractivity contribution in [3.63, 3.8) is 0 Å². The highest BCUT2D eigenvalue weighted by Gasteiger charge is 2.75. The maximum atomic E-state index is 12.7. The predicted molar refractivity (Wildman–Crippen MR) is 80.8 cm³/mol. The fourth-order valence-corrected chi connectivity index (χ4v) is 3.63. The molecule has 1 aliphatic heterocycles. The average Bonchev–Trinajstić information content (AvgIpc) is 3.26. The highest BCUT2D eigenvalue weighted by Crippen LogP contribution is 2.76. The maximum absolute atomic E-state index is 12.7. The second-order valence-corrected chi connectivity index (χ2v) is 7.85. The molecule has 0 radical (unpaired) electrons. The minimum Gasteiger partial charge on any atom is -0.332 e. The molecule has 0 bridgehead atoms. The maximum Gasteiger partial charge on any atom is 0.229 e. The molecule has 114 valence electrons. The Labute approximate surface area is 126 Å². The summed E-state index contributed by atoms with van der Waals surface area (Å²) in [5, 5.41) is 4.80. The molecular weight excluding hydrogens is 262 g/mol. The summed E-state index contributed by atoms with van der Waals surface area (Å²) in [7, 11) is 0. The number of hydrogen-bond acceptors (Lipinski definition) is 2. The van der Waals surface area contributed by atoms with E-state index in [-0.39, 0.29) is 16.9 Å². The van der Waals surface area contributed by atoms with Crippen molar-refractivity contribution in [3.8, 4) is 0 Å². The molecule has 2 fully saturated rings. The van der Waals surface area contributed by atoms with Crippen molar-refractivity contribution in [2.75, 3.05) is 6.54 Å². The zero-order chi connectivity index (χ0) is 15.0. The molecule has 0 saturated heterocycles. The lowest BCUT2D eigenvalue weighted by atomic mass is 9.86. The lowest BCUT2D eigenvalue weighted by Gasteiger charge is -2.35. The van der Waals surface area contributed by atoms with E-state index < -0.39 is 0 Å². The Morgan fingerprint density at radius 2 is 2.10 bits per heavy atom. The molecule has 2 aliphatic carbocycles. The van der Waals surface area contributed by atoms with Crippen LogP contribution >= 0.6 is 0 Å². The van der Waals surface area contributed by atoms with Gasteiger partial charge >= 0.3 is 0 Å². The molecule has 4 heteroatoms. The van der Waals surface area contributed by atoms with Crippen molar-refractivity contribution in [1.82, 2.24) is 14.7 Å². The highest BCUT2D eigenvalue weighted by molar-refractivity contribution is 5.90. The number of carbonyl (C=O) groups is 1. The smallest absolute Gasteiger partial charge is 0.229 e. The number of hydrogen-bond donors (Lipinski definition) is 0. The highest BCUT2D eigenvalue weighted by atomic mass is 16.2. The summed E-state index contributed by atoms with van der Waals surface area (Å²) in [6.45, 7) is 10.5. The molecular formula is C17H25N3O. The van der Waals surface area contributed by atoms with Crippen LogP contribution in [0.15, 0.2) is 6.07 Å². The van der Waals surface area contributed by atoms with Crippen LogP contribution in [0.25, 0.3) is 0 Å². The topological polar surface area (TPSA) is 38.1 Å². The first kappa shape index (κ1) is 13.4. The van der Waals surface area contributed by atoms with Crippen LogP contribution in [-0.2, 0) is 16.8 Å². The van der Waals surface area contributed by atoms with Crippen LogP contribution in [0, 0.1) is 11.3 Å². The Hall–Kier alpha value is -1.32. The molecule has 21 heavy (non-hydrogen) atoms. The van der Waals surface area contributed by atoms with Crippen molar-refractivity contribution in [1.29, 1.82) is 0 Å². The van der Waals surface area contributed by atoms with Gasteiger partial charge in [-0.2, -0.15) is 5.10 Å². The monoisotopic (exact) mass is 287 g/mol. The Balaban J connectivity index is 1.62. The zero-order valence-corrected chi connectivity index (χ0v) is 13.5. The van der Waals surface area contributed by atoms with Gasteiger partial charge in [-0.05, 0) is 38.2 Å². The normalized spacial score (nSPS) is 33.4. The Morgan fingerprint density at radius 3 is 2.67 bits per heavy atom. The molecule has 3 aliphatic rings. The summed E-state index contributed by atoms with van der Waals surface area (Å²) < 4.78 is 2.12. The van der Waals surface area contributed by atoms with Gasteiger partial charge < -0.3 is 4.90 Å². The minimum atomic E-state index is 0.0853. The lowest BCUT2D eigenvalue weighted by molar-refractivity contribution is -0.138. The van der Waals surface area contributed by atoms with E-state index in [4.69, 9.17) is 5.10 Å². The SMILES string of the molecule is CCC(C)(C)c1cc2n(n1)CCN(C(=O)C13CC1C3)C2C. The Kier molecular flexibility index (Phi) is 2.48. The second-order valence-electron chi connectivity index (χ2n) is 7.85. The van der Waals surface area contributed by atoms with E-state index in [9.17, 15) is 4.79 Å². The van der Waals surface area contributed by atoms with Gasteiger partial charge in [0, 0.05) is 12.0 Å². The molecule has 1 amide bonds. The van der Waals surface area contributed by atoms with E-state index in [1.54, 1.807) is 0 Å². The van der Waals surface area contributed by atoms with Gasteiger partial charge in [-0.1, -0.05) is 20.8 Å². The third-order valence-corrected chi connectivity index (χ3v) is 6.21. The first-order chi connectivity index (χ1) is 9.89. The van der Waals surface area contributed by atoms with Crippen LogP contribution in [0.4, 0.5) is 0 Å². The van der Waals surface area contributed by atoms with Crippen molar-refractivity contribution >= 4 is 5.91 Å². The summed E-state index contributed by atoms with van der Waals surface area (Å²) in [6.07, 6.45) is 3.36. The van der Waals surface area contributed by atoms with Gasteiger partial charge in [-0.15, -0.1) is 0 Å². The van der Waals surface area contributed by atoms with Crippen molar-refractivity contribution in [3.05, 3.63) is 17.5 Å². The quantitative estimate of drug-likeness (QED) is 0.857. The minimum absolute atomic E-state index is 0.0853. The first-order valence-corrected chi connectivity index (χ1v) is 8.28. The van der Waals surface area contributed by atoms with Crippen LogP contribution < -0.4 is 0 Å². The first-order valence-electron chi connectivity index (χ1n) is 8.28. The molecule has 0 spiro atoms. The molecule has 1 unspecified atom stereocenters. The van der Waals surface area contributed by atoms with Gasteiger partial charge in [0.05, 0.1) is 29.4 Å². The molecule has 1 aromatic heterocycles. The standard InChI is InChI=1S/C17H25N3O/c1-5-16(3,4)14-8-13-11(2)19(6-7-20(13)18-14)15(21)17-9-12(17)10-17/h8,11-12H,5-7,9-10H2,1-4H3. The largest absolute Gasteiger partial charge is 0.332 e. The molecule has 1 aromatic rings. The van der Waals surface area contributed by atoms with E-state index >= 15 is 0 Å². The van der Waals surface area contributed by atoms with Crippen molar-refractivity contribution in [2.24, 2.45) is 11.3 Å². The fraction of sp³-hybridized carbons (Fsp3) is 0.765. The van der Waals surface area contributed by atoms with Crippen LogP contribution in [-0.4, -0.2) is 27.1 Å². The fourth-order valence-electron chi connectivity index (χ4n) is 3.63. The molecule has 4 nitrogen and oxygen atoms in total. The number of nitrogens with zero attached hydrogens (tertiary/aromatic N) is 3. The van der Waals surface area contributed by atoms with Gasteiger partial charge in [-0.3, -0.25) is 9.48 Å².